The first kappa shape index (κ1) is 19.6. The van der Waals surface area contributed by atoms with E-state index in [0.29, 0.717) is 44.5 Å². The van der Waals surface area contributed by atoms with Crippen molar-refractivity contribution < 1.29 is 17.9 Å². The Kier molecular flexibility index (Phi) is 5.60. The fourth-order valence-corrected chi connectivity index (χ4v) is 6.04. The van der Waals surface area contributed by atoms with Crippen LogP contribution in [-0.2, 0) is 14.8 Å². The third-order valence-corrected chi connectivity index (χ3v) is 8.41. The lowest BCUT2D eigenvalue weighted by atomic mass is 9.97. The summed E-state index contributed by atoms with van der Waals surface area (Å²) in [5.41, 5.74) is 1.10. The molecule has 7 nitrogen and oxygen atoms in total. The van der Waals surface area contributed by atoms with Crippen molar-refractivity contribution in [3.63, 3.8) is 0 Å². The van der Waals surface area contributed by atoms with Crippen LogP contribution in [0.2, 0.25) is 0 Å². The number of hydrogen-bond donors (Lipinski definition) is 0. The highest BCUT2D eigenvalue weighted by atomic mass is 32.2. The summed E-state index contributed by atoms with van der Waals surface area (Å²) < 4.78 is 32.1. The highest BCUT2D eigenvalue weighted by Crippen LogP contribution is 2.33. The zero-order valence-corrected chi connectivity index (χ0v) is 17.2. The number of carbonyl (C=O) groups is 1. The van der Waals surface area contributed by atoms with Gasteiger partial charge in [-0.25, -0.2) is 17.7 Å². The van der Waals surface area contributed by atoms with Crippen molar-refractivity contribution in [2.24, 2.45) is 11.8 Å². The summed E-state index contributed by atoms with van der Waals surface area (Å²) in [5.74, 6) is 1.35. The summed E-state index contributed by atoms with van der Waals surface area (Å²) in [6, 6.07) is 3.83. The summed E-state index contributed by atoms with van der Waals surface area (Å²) in [6.07, 6.45) is 5.54. The topological polar surface area (TPSA) is 79.8 Å². The van der Waals surface area contributed by atoms with Gasteiger partial charge < -0.3 is 9.64 Å². The van der Waals surface area contributed by atoms with E-state index in [2.05, 4.69) is 4.98 Å². The van der Waals surface area contributed by atoms with Gasteiger partial charge in [-0.2, -0.15) is 0 Å². The SMILES string of the molecule is Cc1ccnc(OCC2CC(=O)N(CC3CCN(S(=O)(=O)C4CC4)CC3)C2)c1. The Morgan fingerprint density at radius 3 is 2.61 bits per heavy atom. The van der Waals surface area contributed by atoms with E-state index in [1.54, 1.807) is 10.5 Å². The number of pyridine rings is 1. The van der Waals surface area contributed by atoms with E-state index in [1.807, 2.05) is 24.0 Å². The maximum Gasteiger partial charge on any atom is 0.223 e. The molecule has 154 valence electrons. The Balaban J connectivity index is 1.23. The fraction of sp³-hybridized carbons (Fsp3) is 0.700. The van der Waals surface area contributed by atoms with E-state index in [0.717, 1.165) is 37.8 Å². The number of hydrogen-bond acceptors (Lipinski definition) is 5. The van der Waals surface area contributed by atoms with Gasteiger partial charge >= 0.3 is 0 Å². The minimum Gasteiger partial charge on any atom is -0.477 e. The molecule has 0 N–H and O–H groups in total. The predicted molar refractivity (Wildman–Crippen MR) is 105 cm³/mol. The zero-order valence-electron chi connectivity index (χ0n) is 16.4. The molecular formula is C20H29N3O4S. The summed E-state index contributed by atoms with van der Waals surface area (Å²) in [7, 11) is -3.07. The minimum absolute atomic E-state index is 0.132. The maximum atomic E-state index is 12.4. The Hall–Kier alpha value is -1.67. The lowest BCUT2D eigenvalue weighted by Gasteiger charge is -2.33. The van der Waals surface area contributed by atoms with E-state index in [4.69, 9.17) is 4.74 Å². The fourth-order valence-electron chi connectivity index (χ4n) is 4.17. The smallest absolute Gasteiger partial charge is 0.223 e. The molecule has 3 heterocycles. The van der Waals surface area contributed by atoms with Gasteiger partial charge in [-0.05, 0) is 50.2 Å². The van der Waals surface area contributed by atoms with E-state index in [-0.39, 0.29) is 17.1 Å². The van der Waals surface area contributed by atoms with Crippen LogP contribution in [0, 0.1) is 18.8 Å². The molecule has 1 saturated carbocycles. The van der Waals surface area contributed by atoms with E-state index >= 15 is 0 Å². The number of carbonyl (C=O) groups excluding carboxylic acids is 1. The van der Waals surface area contributed by atoms with Crippen LogP contribution in [0.3, 0.4) is 0 Å². The van der Waals surface area contributed by atoms with Crippen LogP contribution >= 0.6 is 0 Å². The third kappa shape index (κ3) is 4.49. The van der Waals surface area contributed by atoms with Crippen molar-refractivity contribution in [2.45, 2.75) is 44.3 Å². The summed E-state index contributed by atoms with van der Waals surface area (Å²) in [4.78, 5) is 18.5. The Labute approximate surface area is 167 Å². The zero-order chi connectivity index (χ0) is 19.7. The summed E-state index contributed by atoms with van der Waals surface area (Å²) in [5, 5.41) is -0.132. The molecule has 28 heavy (non-hydrogen) atoms. The average Bonchev–Trinajstić information content (AvgIpc) is 3.47. The molecule has 0 radical (unpaired) electrons. The highest BCUT2D eigenvalue weighted by Gasteiger charge is 2.41. The minimum atomic E-state index is -3.07. The molecule has 2 saturated heterocycles. The number of rotatable bonds is 7. The first-order chi connectivity index (χ1) is 13.4. The van der Waals surface area contributed by atoms with Gasteiger partial charge in [0.25, 0.3) is 0 Å². The highest BCUT2D eigenvalue weighted by molar-refractivity contribution is 7.90. The van der Waals surface area contributed by atoms with Crippen molar-refractivity contribution in [3.05, 3.63) is 23.9 Å². The number of piperidine rings is 1. The molecule has 2 aliphatic heterocycles. The van der Waals surface area contributed by atoms with E-state index in [9.17, 15) is 13.2 Å². The molecule has 1 aromatic heterocycles. The molecule has 3 aliphatic rings. The Morgan fingerprint density at radius 1 is 1.18 bits per heavy atom. The van der Waals surface area contributed by atoms with Gasteiger partial charge in [0.15, 0.2) is 0 Å². The van der Waals surface area contributed by atoms with Crippen molar-refractivity contribution >= 4 is 15.9 Å². The number of sulfonamides is 1. The predicted octanol–water partition coefficient (Wildman–Crippen LogP) is 1.82. The number of nitrogens with zero attached hydrogens (tertiary/aromatic N) is 3. The van der Waals surface area contributed by atoms with Gasteiger partial charge in [-0.3, -0.25) is 4.79 Å². The molecule has 1 aliphatic carbocycles. The second-order valence-corrected chi connectivity index (χ2v) is 10.7. The van der Waals surface area contributed by atoms with Gasteiger partial charge in [0.2, 0.25) is 21.8 Å². The first-order valence-corrected chi connectivity index (χ1v) is 11.7. The first-order valence-electron chi connectivity index (χ1n) is 10.2. The number of aryl methyl sites for hydroxylation is 1. The van der Waals surface area contributed by atoms with Gasteiger partial charge in [0, 0.05) is 50.8 Å². The number of likely N-dealkylation sites (tertiary alicyclic amines) is 1. The van der Waals surface area contributed by atoms with Crippen molar-refractivity contribution in [1.82, 2.24) is 14.2 Å². The van der Waals surface area contributed by atoms with Crippen molar-refractivity contribution in [3.8, 4) is 5.88 Å². The average molecular weight is 408 g/mol. The van der Waals surface area contributed by atoms with Crippen LogP contribution in [0.5, 0.6) is 5.88 Å². The molecule has 4 rings (SSSR count). The van der Waals surface area contributed by atoms with Gasteiger partial charge in [0.1, 0.15) is 0 Å². The third-order valence-electron chi connectivity index (χ3n) is 6.01. The van der Waals surface area contributed by atoms with Crippen molar-refractivity contribution in [2.75, 3.05) is 32.8 Å². The Bertz CT molecular complexity index is 816. The van der Waals surface area contributed by atoms with Crippen LogP contribution in [0.25, 0.3) is 0 Å². The van der Waals surface area contributed by atoms with Crippen LogP contribution in [0.4, 0.5) is 0 Å². The molecule has 0 bridgehead atoms. The Morgan fingerprint density at radius 2 is 1.93 bits per heavy atom. The van der Waals surface area contributed by atoms with E-state index < -0.39 is 10.0 Å². The van der Waals surface area contributed by atoms with Gasteiger partial charge in [-0.1, -0.05) is 0 Å². The normalized spacial score (nSPS) is 24.7. The second kappa shape index (κ2) is 7.99. The molecule has 1 atom stereocenters. The molecular weight excluding hydrogens is 378 g/mol. The standard InChI is InChI=1S/C20H29N3O4S/c1-15-4-7-21-19(10-15)27-14-17-11-20(24)22(13-17)12-16-5-8-23(9-6-16)28(25,26)18-2-3-18/h4,7,10,16-18H,2-3,5-6,8-9,11-14H2,1H3. The molecule has 1 amide bonds. The maximum absolute atomic E-state index is 12.4. The quantitative estimate of drug-likeness (QED) is 0.689. The monoisotopic (exact) mass is 407 g/mol. The molecule has 0 aromatic carbocycles. The number of amides is 1. The molecule has 0 spiro atoms. The van der Waals surface area contributed by atoms with Gasteiger partial charge in [-0.15, -0.1) is 0 Å². The molecule has 3 fully saturated rings. The van der Waals surface area contributed by atoms with Crippen LogP contribution in [-0.4, -0.2) is 66.5 Å². The van der Waals surface area contributed by atoms with Gasteiger partial charge in [0.05, 0.1) is 11.9 Å². The molecule has 8 heteroatoms. The molecule has 1 unspecified atom stereocenters. The second-order valence-electron chi connectivity index (χ2n) is 8.44. The summed E-state index contributed by atoms with van der Waals surface area (Å²) in [6.45, 7) is 5.13. The lowest BCUT2D eigenvalue weighted by Crippen LogP contribution is -2.43. The van der Waals surface area contributed by atoms with Crippen LogP contribution in [0.15, 0.2) is 18.3 Å². The molecule has 1 aromatic rings. The van der Waals surface area contributed by atoms with Crippen molar-refractivity contribution in [1.29, 1.82) is 0 Å². The number of ether oxygens (including phenoxy) is 1. The van der Waals surface area contributed by atoms with Crippen LogP contribution in [0.1, 0.15) is 37.7 Å². The summed E-state index contributed by atoms with van der Waals surface area (Å²) >= 11 is 0. The van der Waals surface area contributed by atoms with E-state index in [1.165, 1.54) is 0 Å². The lowest BCUT2D eigenvalue weighted by molar-refractivity contribution is -0.128. The van der Waals surface area contributed by atoms with Crippen LogP contribution < -0.4 is 4.74 Å². The number of aromatic nitrogens is 1. The largest absolute Gasteiger partial charge is 0.477 e.